The van der Waals surface area contributed by atoms with Gasteiger partial charge in [-0.3, -0.25) is 18.5 Å². The predicted octanol–water partition coefficient (Wildman–Crippen LogP) is 2.28. The fourth-order valence-corrected chi connectivity index (χ4v) is 4.89. The van der Waals surface area contributed by atoms with Crippen molar-refractivity contribution in [2.24, 2.45) is 0 Å². The standard InChI is InChI=1S/C26H30N2O8S/c1-18-14-28(25(30)27-23(18)29)24-21(36-37(3,31)32)22(34-16-20-12-8-5-9-13-20)26(2,35-24)17-33-15-19-10-6-4-7-11-19/h4-14,21-22,24H,15-17H2,1-3H3,(H,27,29,30)/t21-,22+,24?,26-/m1/s1. The number of hydrogen-bond acceptors (Lipinski definition) is 8. The molecule has 3 aromatic rings. The minimum atomic E-state index is -4.00. The van der Waals surface area contributed by atoms with Crippen LogP contribution in [0.25, 0.3) is 0 Å². The second kappa shape index (κ2) is 11.1. The number of aryl methyl sites for hydroxylation is 1. The molecule has 1 saturated heterocycles. The van der Waals surface area contributed by atoms with Crippen molar-refractivity contribution in [3.05, 3.63) is 104 Å². The molecule has 10 nitrogen and oxygen atoms in total. The van der Waals surface area contributed by atoms with Gasteiger partial charge in [0.15, 0.2) is 12.3 Å². The van der Waals surface area contributed by atoms with Gasteiger partial charge in [-0.25, -0.2) is 4.79 Å². The molecule has 2 heterocycles. The summed E-state index contributed by atoms with van der Waals surface area (Å²) in [6.45, 7) is 3.68. The van der Waals surface area contributed by atoms with E-state index in [0.717, 1.165) is 21.9 Å². The van der Waals surface area contributed by atoms with Crippen molar-refractivity contribution in [3.63, 3.8) is 0 Å². The minimum absolute atomic E-state index is 0.0125. The number of nitrogens with zero attached hydrogens (tertiary/aromatic N) is 1. The Morgan fingerprint density at radius 1 is 1.00 bits per heavy atom. The molecule has 1 aliphatic heterocycles. The second-order valence-electron chi connectivity index (χ2n) is 9.26. The van der Waals surface area contributed by atoms with Gasteiger partial charge in [-0.2, -0.15) is 8.42 Å². The van der Waals surface area contributed by atoms with Gasteiger partial charge in [0.05, 0.1) is 26.1 Å². The zero-order valence-corrected chi connectivity index (χ0v) is 21.6. The number of hydrogen-bond donors (Lipinski definition) is 1. The summed E-state index contributed by atoms with van der Waals surface area (Å²) in [5.41, 5.74) is -0.485. The van der Waals surface area contributed by atoms with Crippen LogP contribution in [0.4, 0.5) is 0 Å². The summed E-state index contributed by atoms with van der Waals surface area (Å²) in [5.74, 6) is 0. The van der Waals surface area contributed by atoms with Crippen LogP contribution in [0, 0.1) is 6.92 Å². The highest BCUT2D eigenvalue weighted by atomic mass is 32.2. The molecule has 11 heteroatoms. The minimum Gasteiger partial charge on any atom is -0.374 e. The molecule has 1 N–H and O–H groups in total. The molecule has 198 valence electrons. The largest absolute Gasteiger partial charge is 0.374 e. The molecule has 2 aromatic carbocycles. The smallest absolute Gasteiger partial charge is 0.330 e. The van der Waals surface area contributed by atoms with E-state index in [1.807, 2.05) is 60.7 Å². The highest BCUT2D eigenvalue weighted by Crippen LogP contribution is 2.41. The highest BCUT2D eigenvalue weighted by molar-refractivity contribution is 7.86. The van der Waals surface area contributed by atoms with Gasteiger partial charge < -0.3 is 14.2 Å². The van der Waals surface area contributed by atoms with Gasteiger partial charge >= 0.3 is 5.69 Å². The molecule has 0 bridgehead atoms. The molecule has 0 saturated carbocycles. The van der Waals surface area contributed by atoms with E-state index in [2.05, 4.69) is 4.98 Å². The van der Waals surface area contributed by atoms with Gasteiger partial charge in [0.25, 0.3) is 15.7 Å². The number of rotatable bonds is 10. The Hall–Kier alpha value is -3.09. The lowest BCUT2D eigenvalue weighted by atomic mass is 9.98. The quantitative estimate of drug-likeness (QED) is 0.396. The first-order valence-corrected chi connectivity index (χ1v) is 13.5. The van der Waals surface area contributed by atoms with Crippen LogP contribution < -0.4 is 11.2 Å². The van der Waals surface area contributed by atoms with E-state index < -0.39 is 45.4 Å². The molecule has 4 atom stereocenters. The van der Waals surface area contributed by atoms with E-state index in [4.69, 9.17) is 18.4 Å². The van der Waals surface area contributed by atoms with Crippen molar-refractivity contribution < 1.29 is 26.8 Å². The summed E-state index contributed by atoms with van der Waals surface area (Å²) in [7, 11) is -4.00. The van der Waals surface area contributed by atoms with Crippen molar-refractivity contribution in [2.45, 2.75) is 51.1 Å². The SMILES string of the molecule is Cc1cn(C2O[C@](C)(COCc3ccccc3)[C@@H](OCc3ccccc3)[C@H]2OS(C)(=O)=O)c(=O)[nH]c1=O. The Labute approximate surface area is 214 Å². The monoisotopic (exact) mass is 530 g/mol. The van der Waals surface area contributed by atoms with Crippen LogP contribution in [0.15, 0.2) is 76.4 Å². The average Bonchev–Trinajstić information content (AvgIpc) is 3.11. The fraction of sp³-hybridized carbons (Fsp3) is 0.385. The molecule has 1 aromatic heterocycles. The lowest BCUT2D eigenvalue weighted by Gasteiger charge is -2.31. The Balaban J connectivity index is 1.69. The molecule has 0 spiro atoms. The maximum Gasteiger partial charge on any atom is 0.330 e. The van der Waals surface area contributed by atoms with Crippen molar-refractivity contribution in [1.82, 2.24) is 9.55 Å². The molecule has 1 aliphatic rings. The van der Waals surface area contributed by atoms with Gasteiger partial charge in [-0.15, -0.1) is 0 Å². The Morgan fingerprint density at radius 3 is 2.19 bits per heavy atom. The summed E-state index contributed by atoms with van der Waals surface area (Å²) in [4.78, 5) is 26.9. The summed E-state index contributed by atoms with van der Waals surface area (Å²) in [6, 6.07) is 18.9. The van der Waals surface area contributed by atoms with Crippen LogP contribution in [0.1, 0.15) is 29.8 Å². The molecule has 37 heavy (non-hydrogen) atoms. The summed E-state index contributed by atoms with van der Waals surface area (Å²) in [5, 5.41) is 0. The molecule has 4 rings (SSSR count). The topological polar surface area (TPSA) is 126 Å². The van der Waals surface area contributed by atoms with E-state index in [-0.39, 0.29) is 25.4 Å². The van der Waals surface area contributed by atoms with Crippen LogP contribution in [0.3, 0.4) is 0 Å². The number of aromatic nitrogens is 2. The van der Waals surface area contributed by atoms with Crippen LogP contribution in [-0.4, -0.2) is 48.6 Å². The molecule has 0 radical (unpaired) electrons. The van der Waals surface area contributed by atoms with E-state index >= 15 is 0 Å². The van der Waals surface area contributed by atoms with Crippen LogP contribution in [0.5, 0.6) is 0 Å². The van der Waals surface area contributed by atoms with Crippen molar-refractivity contribution in [2.75, 3.05) is 12.9 Å². The molecule has 1 unspecified atom stereocenters. The van der Waals surface area contributed by atoms with Crippen molar-refractivity contribution in [1.29, 1.82) is 0 Å². The van der Waals surface area contributed by atoms with E-state index in [1.165, 1.54) is 13.1 Å². The number of nitrogens with one attached hydrogen (secondary N) is 1. The fourth-order valence-electron chi connectivity index (χ4n) is 4.29. The zero-order chi connectivity index (χ0) is 26.6. The average molecular weight is 531 g/mol. The van der Waals surface area contributed by atoms with Crippen molar-refractivity contribution >= 4 is 10.1 Å². The third kappa shape index (κ3) is 6.62. The van der Waals surface area contributed by atoms with Crippen LogP contribution >= 0.6 is 0 Å². The lowest BCUT2D eigenvalue weighted by molar-refractivity contribution is -0.147. The van der Waals surface area contributed by atoms with Gasteiger partial charge in [0, 0.05) is 11.8 Å². The van der Waals surface area contributed by atoms with Crippen LogP contribution in [0.2, 0.25) is 0 Å². The number of ether oxygens (including phenoxy) is 3. The number of aromatic amines is 1. The third-order valence-electron chi connectivity index (χ3n) is 6.05. The van der Waals surface area contributed by atoms with E-state index in [1.54, 1.807) is 6.92 Å². The number of H-pyrrole nitrogens is 1. The predicted molar refractivity (Wildman–Crippen MR) is 135 cm³/mol. The normalized spacial score (nSPS) is 23.8. The molecular formula is C26H30N2O8S. The highest BCUT2D eigenvalue weighted by Gasteiger charge is 2.56. The Morgan fingerprint density at radius 2 is 1.59 bits per heavy atom. The summed E-state index contributed by atoms with van der Waals surface area (Å²) in [6.07, 6.45) is -1.19. The summed E-state index contributed by atoms with van der Waals surface area (Å²) >= 11 is 0. The molecule has 0 aliphatic carbocycles. The molecule has 0 amide bonds. The lowest BCUT2D eigenvalue weighted by Crippen LogP contribution is -2.47. The maximum absolute atomic E-state index is 12.7. The molecular weight excluding hydrogens is 500 g/mol. The first-order valence-electron chi connectivity index (χ1n) is 11.7. The van der Waals surface area contributed by atoms with Gasteiger partial charge in [0.2, 0.25) is 0 Å². The van der Waals surface area contributed by atoms with Crippen LogP contribution in [-0.2, 0) is 41.7 Å². The maximum atomic E-state index is 12.7. The first kappa shape index (κ1) is 27.0. The zero-order valence-electron chi connectivity index (χ0n) is 20.8. The van der Waals surface area contributed by atoms with Gasteiger partial charge in [-0.1, -0.05) is 60.7 Å². The number of benzene rings is 2. The Bertz CT molecular complexity index is 1420. The Kier molecular flexibility index (Phi) is 8.10. The molecule has 1 fully saturated rings. The van der Waals surface area contributed by atoms with E-state index in [0.29, 0.717) is 0 Å². The third-order valence-corrected chi connectivity index (χ3v) is 6.62. The van der Waals surface area contributed by atoms with Crippen molar-refractivity contribution in [3.8, 4) is 0 Å². The van der Waals surface area contributed by atoms with Gasteiger partial charge in [-0.05, 0) is 25.0 Å². The van der Waals surface area contributed by atoms with Gasteiger partial charge in [0.1, 0.15) is 11.7 Å². The first-order chi connectivity index (χ1) is 17.6. The van der Waals surface area contributed by atoms with E-state index in [9.17, 15) is 18.0 Å². The summed E-state index contributed by atoms with van der Waals surface area (Å²) < 4.78 is 49.7. The second-order valence-corrected chi connectivity index (χ2v) is 10.9.